The van der Waals surface area contributed by atoms with Crippen molar-refractivity contribution in [2.24, 2.45) is 0 Å². The lowest BCUT2D eigenvalue weighted by molar-refractivity contribution is -0.133. The Hall–Kier alpha value is -2.31. The number of ether oxygens (including phenoxy) is 1. The van der Waals surface area contributed by atoms with E-state index in [2.05, 4.69) is 15.5 Å². The number of methoxy groups -OCH3 is 1. The molecule has 2 aromatic rings. The third-order valence-electron chi connectivity index (χ3n) is 3.60. The van der Waals surface area contributed by atoms with E-state index in [0.29, 0.717) is 16.5 Å². The van der Waals surface area contributed by atoms with Gasteiger partial charge in [0.25, 0.3) is 0 Å². The Morgan fingerprint density at radius 1 is 1.41 bits per heavy atom. The minimum Gasteiger partial charge on any atom is -0.478 e. The molecule has 0 saturated heterocycles. The van der Waals surface area contributed by atoms with Crippen molar-refractivity contribution in [2.45, 2.75) is 5.92 Å². The van der Waals surface area contributed by atoms with Crippen LogP contribution in [0.25, 0.3) is 0 Å². The predicted octanol–water partition coefficient (Wildman–Crippen LogP) is 2.61. The molecule has 0 bridgehead atoms. The number of fused-ring (bicyclic) bond motifs is 1. The Kier molecular flexibility index (Phi) is 3.87. The van der Waals surface area contributed by atoms with Crippen molar-refractivity contribution in [2.75, 3.05) is 19.0 Å². The molecule has 0 radical (unpaired) electrons. The van der Waals surface area contributed by atoms with Gasteiger partial charge in [-0.2, -0.15) is 5.10 Å². The van der Waals surface area contributed by atoms with Gasteiger partial charge in [0.15, 0.2) is 0 Å². The first-order chi connectivity index (χ1) is 10.6. The van der Waals surface area contributed by atoms with Gasteiger partial charge in [-0.05, 0) is 11.6 Å². The summed E-state index contributed by atoms with van der Waals surface area (Å²) in [5, 5.41) is 20.1. The van der Waals surface area contributed by atoms with E-state index < -0.39 is 11.9 Å². The lowest BCUT2D eigenvalue weighted by Crippen LogP contribution is -2.25. The van der Waals surface area contributed by atoms with Crippen molar-refractivity contribution in [1.29, 1.82) is 0 Å². The number of carbonyl (C=O) groups is 1. The van der Waals surface area contributed by atoms with E-state index in [1.54, 1.807) is 12.3 Å². The predicted molar refractivity (Wildman–Crippen MR) is 82.0 cm³/mol. The summed E-state index contributed by atoms with van der Waals surface area (Å²) in [4.78, 5) is 11.8. The number of aliphatic carboxylic acids is 1. The van der Waals surface area contributed by atoms with Crippen molar-refractivity contribution in [3.8, 4) is 0 Å². The summed E-state index contributed by atoms with van der Waals surface area (Å²) in [5.74, 6) is -0.871. The summed E-state index contributed by atoms with van der Waals surface area (Å²) in [7, 11) is 1.52. The number of nitrogens with zero attached hydrogens (tertiary/aromatic N) is 1. The zero-order valence-corrected chi connectivity index (χ0v) is 12.5. The molecule has 1 aromatic carbocycles. The highest BCUT2D eigenvalue weighted by molar-refractivity contribution is 6.31. The van der Waals surface area contributed by atoms with Gasteiger partial charge in [0.05, 0.1) is 24.1 Å². The summed E-state index contributed by atoms with van der Waals surface area (Å²) in [6.45, 7) is 0.154. The maximum atomic E-state index is 11.8. The van der Waals surface area contributed by atoms with Gasteiger partial charge in [-0.15, -0.1) is 0 Å². The van der Waals surface area contributed by atoms with Crippen molar-refractivity contribution in [3.63, 3.8) is 0 Å². The number of nitrogens with one attached hydrogen (secondary N) is 2. The highest BCUT2D eigenvalue weighted by Gasteiger charge is 2.35. The smallest absolute Gasteiger partial charge is 0.334 e. The van der Waals surface area contributed by atoms with Crippen LogP contribution < -0.4 is 5.32 Å². The van der Waals surface area contributed by atoms with Crippen LogP contribution in [0.15, 0.2) is 41.7 Å². The molecule has 2 heterocycles. The quantitative estimate of drug-likeness (QED) is 0.806. The number of aromatic nitrogens is 2. The first-order valence-electron chi connectivity index (χ1n) is 6.63. The largest absolute Gasteiger partial charge is 0.478 e. The Morgan fingerprint density at radius 3 is 2.86 bits per heavy atom. The molecule has 22 heavy (non-hydrogen) atoms. The molecule has 0 saturated carbocycles. The fourth-order valence-corrected chi connectivity index (χ4v) is 2.95. The minimum absolute atomic E-state index is 0.154. The second kappa shape index (κ2) is 5.82. The van der Waals surface area contributed by atoms with Gasteiger partial charge < -0.3 is 15.2 Å². The maximum Gasteiger partial charge on any atom is 0.334 e. The van der Waals surface area contributed by atoms with Crippen LogP contribution in [-0.2, 0) is 9.53 Å². The van der Waals surface area contributed by atoms with E-state index in [1.165, 1.54) is 7.11 Å². The number of anilines is 1. The number of hydrogen-bond donors (Lipinski definition) is 3. The molecule has 1 unspecified atom stereocenters. The standard InChI is InChI=1S/C15H14ClN3O3/c1-22-7-11-13(15(20)21)12(8-4-2-3-5-10(8)16)9-6-17-19-14(9)18-11/h2-6,12H,7H2,1H3,(H,20,21)(H2,17,18,19). The zero-order valence-electron chi connectivity index (χ0n) is 11.8. The van der Waals surface area contributed by atoms with Crippen LogP contribution in [0.2, 0.25) is 5.02 Å². The molecular weight excluding hydrogens is 306 g/mol. The van der Waals surface area contributed by atoms with E-state index >= 15 is 0 Å². The SMILES string of the molecule is COCC1=C(C(=O)O)C(c2ccccc2Cl)c2cn[nH]c2N1. The van der Waals surface area contributed by atoms with Crippen LogP contribution in [0, 0.1) is 0 Å². The average Bonchev–Trinajstić information content (AvgIpc) is 2.94. The number of carboxylic acid groups (broad SMARTS) is 1. The molecule has 0 fully saturated rings. The third kappa shape index (κ3) is 2.36. The molecule has 6 nitrogen and oxygen atoms in total. The van der Waals surface area contributed by atoms with Crippen LogP contribution in [0.1, 0.15) is 17.0 Å². The number of hydrogen-bond acceptors (Lipinski definition) is 4. The van der Waals surface area contributed by atoms with E-state index in [0.717, 1.165) is 11.1 Å². The van der Waals surface area contributed by atoms with Crippen molar-refractivity contribution >= 4 is 23.4 Å². The molecular formula is C15H14ClN3O3. The van der Waals surface area contributed by atoms with Crippen molar-refractivity contribution in [1.82, 2.24) is 10.2 Å². The third-order valence-corrected chi connectivity index (χ3v) is 3.95. The maximum absolute atomic E-state index is 11.8. The number of H-pyrrole nitrogens is 1. The molecule has 1 atom stereocenters. The molecule has 0 spiro atoms. The van der Waals surface area contributed by atoms with Crippen molar-refractivity contribution in [3.05, 3.63) is 57.9 Å². The molecule has 3 rings (SSSR count). The molecule has 7 heteroatoms. The number of benzene rings is 1. The first-order valence-corrected chi connectivity index (χ1v) is 7.01. The van der Waals surface area contributed by atoms with Gasteiger partial charge in [-0.1, -0.05) is 29.8 Å². The number of halogens is 1. The fourth-order valence-electron chi connectivity index (χ4n) is 2.71. The summed E-state index contributed by atoms with van der Waals surface area (Å²) in [5.41, 5.74) is 2.16. The highest BCUT2D eigenvalue weighted by atomic mass is 35.5. The topological polar surface area (TPSA) is 87.2 Å². The van der Waals surface area contributed by atoms with E-state index in [1.807, 2.05) is 18.2 Å². The molecule has 1 aromatic heterocycles. The summed E-state index contributed by atoms with van der Waals surface area (Å²) in [6.07, 6.45) is 1.61. The molecule has 0 amide bonds. The summed E-state index contributed by atoms with van der Waals surface area (Å²) >= 11 is 6.29. The molecule has 1 aliphatic rings. The van der Waals surface area contributed by atoms with Gasteiger partial charge in [0.2, 0.25) is 0 Å². The van der Waals surface area contributed by atoms with Gasteiger partial charge >= 0.3 is 5.97 Å². The lowest BCUT2D eigenvalue weighted by atomic mass is 9.82. The van der Waals surface area contributed by atoms with Crippen LogP contribution >= 0.6 is 11.6 Å². The van der Waals surface area contributed by atoms with E-state index in [9.17, 15) is 9.90 Å². The van der Waals surface area contributed by atoms with Crippen LogP contribution in [0.3, 0.4) is 0 Å². The summed E-state index contributed by atoms with van der Waals surface area (Å²) < 4.78 is 5.12. The van der Waals surface area contributed by atoms with E-state index in [4.69, 9.17) is 16.3 Å². The van der Waals surface area contributed by atoms with Crippen LogP contribution in [0.5, 0.6) is 0 Å². The van der Waals surface area contributed by atoms with Gasteiger partial charge in [-0.25, -0.2) is 4.79 Å². The normalized spacial score (nSPS) is 17.1. The second-order valence-electron chi connectivity index (χ2n) is 4.91. The summed E-state index contributed by atoms with van der Waals surface area (Å²) in [6, 6.07) is 7.21. The Morgan fingerprint density at radius 2 is 2.18 bits per heavy atom. The number of carboxylic acids is 1. The Labute approximate surface area is 131 Å². The van der Waals surface area contributed by atoms with Gasteiger partial charge in [0, 0.05) is 23.6 Å². The zero-order chi connectivity index (χ0) is 15.7. The number of rotatable bonds is 4. The van der Waals surface area contributed by atoms with Gasteiger partial charge in [-0.3, -0.25) is 5.10 Å². The number of aromatic amines is 1. The molecule has 0 aliphatic carbocycles. The lowest BCUT2D eigenvalue weighted by Gasteiger charge is -2.27. The van der Waals surface area contributed by atoms with Crippen LogP contribution in [0.4, 0.5) is 5.82 Å². The minimum atomic E-state index is -1.02. The highest BCUT2D eigenvalue weighted by Crippen LogP contribution is 2.43. The molecule has 114 valence electrons. The molecule has 1 aliphatic heterocycles. The monoisotopic (exact) mass is 319 g/mol. The first kappa shape index (κ1) is 14.6. The molecule has 3 N–H and O–H groups in total. The van der Waals surface area contributed by atoms with Crippen molar-refractivity contribution < 1.29 is 14.6 Å². The Bertz CT molecular complexity index is 754. The van der Waals surface area contributed by atoms with E-state index in [-0.39, 0.29) is 12.2 Å². The second-order valence-corrected chi connectivity index (χ2v) is 5.32. The van der Waals surface area contributed by atoms with Gasteiger partial charge in [0.1, 0.15) is 5.82 Å². The fraction of sp³-hybridized carbons (Fsp3) is 0.200. The van der Waals surface area contributed by atoms with Crippen LogP contribution in [-0.4, -0.2) is 35.0 Å². The average molecular weight is 320 g/mol. The Balaban J connectivity index is 2.23.